The van der Waals surface area contributed by atoms with Gasteiger partial charge in [-0.15, -0.1) is 11.3 Å². The molecule has 1 aromatic heterocycles. The molecule has 0 bridgehead atoms. The van der Waals surface area contributed by atoms with Gasteiger partial charge < -0.3 is 8.37 Å². The zero-order valence-electron chi connectivity index (χ0n) is 13.3. The molecular weight excluding hydrogens is 372 g/mol. The predicted octanol–water partition coefficient (Wildman–Crippen LogP) is 3.33. The molecule has 2 aromatic rings. The second-order valence-corrected chi connectivity index (χ2v) is 9.13. The monoisotopic (exact) mass is 390 g/mol. The van der Waals surface area contributed by atoms with Crippen molar-refractivity contribution in [1.29, 1.82) is 0 Å². The van der Waals surface area contributed by atoms with Crippen molar-refractivity contribution in [2.75, 3.05) is 5.75 Å². The first-order chi connectivity index (χ1) is 11.2. The Morgan fingerprint density at radius 1 is 0.958 bits per heavy atom. The van der Waals surface area contributed by atoms with E-state index in [0.29, 0.717) is 12.8 Å². The van der Waals surface area contributed by atoms with Gasteiger partial charge >= 0.3 is 20.2 Å². The number of rotatable bonds is 8. The third kappa shape index (κ3) is 4.96. The Balaban J connectivity index is 2.20. The van der Waals surface area contributed by atoms with Crippen LogP contribution in [0.4, 0.5) is 0 Å². The van der Waals surface area contributed by atoms with E-state index in [1.54, 1.807) is 12.1 Å². The van der Waals surface area contributed by atoms with Gasteiger partial charge in [-0.1, -0.05) is 31.0 Å². The Morgan fingerprint density at radius 3 is 2.12 bits per heavy atom. The van der Waals surface area contributed by atoms with E-state index >= 15 is 0 Å². The first-order valence-corrected chi connectivity index (χ1v) is 11.2. The lowest BCUT2D eigenvalue weighted by molar-refractivity contribution is 0.450. The van der Waals surface area contributed by atoms with Crippen molar-refractivity contribution >= 4 is 31.6 Å². The predicted molar refractivity (Wildman–Crippen MR) is 92.6 cm³/mol. The zero-order valence-corrected chi connectivity index (χ0v) is 15.7. The molecule has 132 valence electrons. The zero-order chi connectivity index (χ0) is 17.8. The molecule has 0 aliphatic rings. The molecule has 0 saturated carbocycles. The summed E-state index contributed by atoms with van der Waals surface area (Å²) in [6.45, 7) is 3.70. The highest BCUT2D eigenvalue weighted by molar-refractivity contribution is 7.87. The van der Waals surface area contributed by atoms with E-state index in [1.807, 2.05) is 13.8 Å². The van der Waals surface area contributed by atoms with Gasteiger partial charge in [-0.05, 0) is 25.5 Å². The molecule has 0 fully saturated rings. The van der Waals surface area contributed by atoms with Gasteiger partial charge in [0.15, 0.2) is 11.5 Å². The Bertz CT molecular complexity index is 880. The molecule has 0 saturated heterocycles. The third-order valence-electron chi connectivity index (χ3n) is 3.07. The van der Waals surface area contributed by atoms with Gasteiger partial charge in [0, 0.05) is 10.8 Å². The summed E-state index contributed by atoms with van der Waals surface area (Å²) in [5.74, 6) is -0.392. The molecule has 0 aliphatic heterocycles. The molecule has 0 N–H and O–H groups in total. The van der Waals surface area contributed by atoms with Crippen LogP contribution in [0.2, 0.25) is 0 Å². The third-order valence-corrected chi connectivity index (χ3v) is 6.24. The molecule has 6 nitrogen and oxygen atoms in total. The van der Waals surface area contributed by atoms with Crippen molar-refractivity contribution in [3.05, 3.63) is 40.6 Å². The van der Waals surface area contributed by atoms with Crippen molar-refractivity contribution in [2.45, 2.75) is 31.6 Å². The van der Waals surface area contributed by atoms with Crippen molar-refractivity contribution < 1.29 is 25.2 Å². The van der Waals surface area contributed by atoms with Crippen LogP contribution in [-0.2, 0) is 20.2 Å². The summed E-state index contributed by atoms with van der Waals surface area (Å²) in [5, 5.41) is 2.78. The van der Waals surface area contributed by atoms with Gasteiger partial charge in [0.1, 0.15) is 4.90 Å². The van der Waals surface area contributed by atoms with Crippen LogP contribution in [0.25, 0.3) is 0 Å². The van der Waals surface area contributed by atoms with E-state index in [1.165, 1.54) is 22.9 Å². The molecule has 0 unspecified atom stereocenters. The van der Waals surface area contributed by atoms with E-state index in [-0.39, 0.29) is 22.1 Å². The average Bonchev–Trinajstić information content (AvgIpc) is 2.91. The number of benzene rings is 1. The summed E-state index contributed by atoms with van der Waals surface area (Å²) in [6, 6.07) is 6.15. The first-order valence-electron chi connectivity index (χ1n) is 7.23. The van der Waals surface area contributed by atoms with Crippen molar-refractivity contribution in [3.63, 3.8) is 0 Å². The Hall–Kier alpha value is -1.58. The second-order valence-electron chi connectivity index (χ2n) is 5.15. The Morgan fingerprint density at radius 2 is 1.54 bits per heavy atom. The van der Waals surface area contributed by atoms with E-state index in [9.17, 15) is 16.8 Å². The maximum atomic E-state index is 12.3. The lowest BCUT2D eigenvalue weighted by Crippen LogP contribution is -2.15. The molecular formula is C15H18O6S3. The number of unbranched alkanes of at least 4 members (excludes halogenated alkanes) is 1. The summed E-state index contributed by atoms with van der Waals surface area (Å²) in [6.07, 6.45) is 1.17. The normalized spacial score (nSPS) is 12.1. The van der Waals surface area contributed by atoms with Crippen LogP contribution >= 0.6 is 11.3 Å². The van der Waals surface area contributed by atoms with E-state index in [0.717, 1.165) is 16.9 Å². The molecule has 0 spiro atoms. The first kappa shape index (κ1) is 18.8. The topological polar surface area (TPSA) is 86.7 Å². The van der Waals surface area contributed by atoms with Crippen LogP contribution in [0.1, 0.15) is 25.3 Å². The van der Waals surface area contributed by atoms with Gasteiger partial charge in [0.05, 0.1) is 5.75 Å². The van der Waals surface area contributed by atoms with Crippen LogP contribution in [0, 0.1) is 6.92 Å². The van der Waals surface area contributed by atoms with Crippen molar-refractivity contribution in [2.24, 2.45) is 0 Å². The van der Waals surface area contributed by atoms with Crippen molar-refractivity contribution in [3.8, 4) is 11.5 Å². The largest absolute Gasteiger partial charge is 0.377 e. The van der Waals surface area contributed by atoms with Crippen LogP contribution in [0.15, 0.2) is 39.9 Å². The van der Waals surface area contributed by atoms with Crippen LogP contribution in [0.3, 0.4) is 0 Å². The van der Waals surface area contributed by atoms with Crippen LogP contribution in [-0.4, -0.2) is 22.6 Å². The number of aryl methyl sites for hydroxylation is 1. The Labute approximate surface area is 146 Å². The molecule has 0 amide bonds. The van der Waals surface area contributed by atoms with Gasteiger partial charge in [-0.2, -0.15) is 16.8 Å². The maximum absolute atomic E-state index is 12.3. The highest BCUT2D eigenvalue weighted by atomic mass is 32.2. The van der Waals surface area contributed by atoms with E-state index < -0.39 is 20.2 Å². The molecule has 2 rings (SSSR count). The van der Waals surface area contributed by atoms with E-state index in [4.69, 9.17) is 8.37 Å². The highest BCUT2D eigenvalue weighted by Gasteiger charge is 2.22. The average molecular weight is 391 g/mol. The van der Waals surface area contributed by atoms with Gasteiger partial charge in [-0.25, -0.2) is 0 Å². The second kappa shape index (κ2) is 7.54. The number of hydrogen-bond donors (Lipinski definition) is 0. The maximum Gasteiger partial charge on any atom is 0.339 e. The highest BCUT2D eigenvalue weighted by Crippen LogP contribution is 2.35. The van der Waals surface area contributed by atoms with E-state index in [2.05, 4.69) is 0 Å². The fraction of sp³-hybridized carbons (Fsp3) is 0.333. The minimum atomic E-state index is -4.06. The minimum absolute atomic E-state index is 0.0147. The van der Waals surface area contributed by atoms with Gasteiger partial charge in [-0.3, -0.25) is 0 Å². The molecule has 1 aromatic carbocycles. The minimum Gasteiger partial charge on any atom is -0.377 e. The van der Waals surface area contributed by atoms with Crippen molar-refractivity contribution in [1.82, 2.24) is 0 Å². The molecule has 9 heteroatoms. The molecule has 1 heterocycles. The summed E-state index contributed by atoms with van der Waals surface area (Å²) in [5.41, 5.74) is 0.913. The fourth-order valence-corrected chi connectivity index (χ4v) is 4.59. The van der Waals surface area contributed by atoms with Gasteiger partial charge in [0.2, 0.25) is 0 Å². The Kier molecular flexibility index (Phi) is 5.89. The summed E-state index contributed by atoms with van der Waals surface area (Å²) in [7, 11) is -7.85. The lowest BCUT2D eigenvalue weighted by atomic mass is 10.2. The number of thiophene rings is 1. The molecule has 24 heavy (non-hydrogen) atoms. The fourth-order valence-electron chi connectivity index (χ4n) is 1.77. The SMILES string of the molecule is CCCCS(=O)(=O)Oc1cscc1OS(=O)(=O)c1ccc(C)cc1. The lowest BCUT2D eigenvalue weighted by Gasteiger charge is -2.09. The molecule has 0 radical (unpaired) electrons. The molecule has 0 atom stereocenters. The standard InChI is InChI=1S/C15H18O6S3/c1-3-4-9-23(16,17)20-14-10-22-11-15(14)21-24(18,19)13-7-5-12(2)6-8-13/h5-8,10-11H,3-4,9H2,1-2H3. The van der Waals surface area contributed by atoms with Crippen LogP contribution < -0.4 is 8.37 Å². The number of hydrogen-bond acceptors (Lipinski definition) is 7. The smallest absolute Gasteiger partial charge is 0.339 e. The summed E-state index contributed by atoms with van der Waals surface area (Å²) >= 11 is 1.09. The summed E-state index contributed by atoms with van der Waals surface area (Å²) in [4.78, 5) is -0.0147. The quantitative estimate of drug-likeness (QED) is 0.643. The van der Waals surface area contributed by atoms with Crippen LogP contribution in [0.5, 0.6) is 11.5 Å². The molecule has 0 aliphatic carbocycles. The van der Waals surface area contributed by atoms with Gasteiger partial charge in [0.25, 0.3) is 0 Å². The summed E-state index contributed by atoms with van der Waals surface area (Å²) < 4.78 is 58.3.